The summed E-state index contributed by atoms with van der Waals surface area (Å²) in [5.74, 6) is 0. The van der Waals surface area contributed by atoms with Gasteiger partial charge in [-0.25, -0.2) is 0 Å². The van der Waals surface area contributed by atoms with E-state index in [9.17, 15) is 0 Å². The van der Waals surface area contributed by atoms with Gasteiger partial charge in [0.15, 0.2) is 0 Å². The van der Waals surface area contributed by atoms with Gasteiger partial charge in [0.1, 0.15) is 0 Å². The maximum absolute atomic E-state index is 6.25. The van der Waals surface area contributed by atoms with Crippen molar-refractivity contribution in [3.63, 3.8) is 0 Å². The van der Waals surface area contributed by atoms with E-state index in [4.69, 9.17) is 11.6 Å². The minimum Gasteiger partial charge on any atom is -0.314 e. The van der Waals surface area contributed by atoms with E-state index in [0.717, 1.165) is 48.4 Å². The standard InChI is InChI=1S/C14H22ClN3/c1-3-18-13(14(15)11(2)17-18)7-5-4-6-10-16-12-8-9-12/h4-5,12,16H,3,6-10H2,1-2H3. The van der Waals surface area contributed by atoms with Crippen LogP contribution in [0.1, 0.15) is 37.6 Å². The van der Waals surface area contributed by atoms with Gasteiger partial charge in [-0.1, -0.05) is 23.8 Å². The first-order valence-corrected chi connectivity index (χ1v) is 7.20. The molecule has 0 aliphatic heterocycles. The number of aryl methyl sites for hydroxylation is 2. The second-order valence-electron chi connectivity index (χ2n) is 4.85. The fraction of sp³-hybridized carbons (Fsp3) is 0.643. The molecule has 1 heterocycles. The third-order valence-electron chi connectivity index (χ3n) is 3.25. The number of nitrogens with one attached hydrogen (secondary N) is 1. The summed E-state index contributed by atoms with van der Waals surface area (Å²) in [6.45, 7) is 6.01. The summed E-state index contributed by atoms with van der Waals surface area (Å²) in [6.07, 6.45) is 9.10. The van der Waals surface area contributed by atoms with E-state index in [2.05, 4.69) is 29.5 Å². The molecule has 18 heavy (non-hydrogen) atoms. The average Bonchev–Trinajstić information content (AvgIpc) is 3.14. The molecule has 0 aromatic carbocycles. The summed E-state index contributed by atoms with van der Waals surface area (Å²) in [4.78, 5) is 0. The van der Waals surface area contributed by atoms with Crippen molar-refractivity contribution in [3.05, 3.63) is 28.6 Å². The van der Waals surface area contributed by atoms with Gasteiger partial charge in [0, 0.05) is 19.0 Å². The highest BCUT2D eigenvalue weighted by Gasteiger charge is 2.19. The Balaban J connectivity index is 1.79. The minimum atomic E-state index is 0.803. The van der Waals surface area contributed by atoms with Crippen molar-refractivity contribution >= 4 is 11.6 Å². The topological polar surface area (TPSA) is 29.9 Å². The van der Waals surface area contributed by atoms with Gasteiger partial charge >= 0.3 is 0 Å². The molecule has 1 N–H and O–H groups in total. The van der Waals surface area contributed by atoms with Gasteiger partial charge in [-0.2, -0.15) is 5.10 Å². The van der Waals surface area contributed by atoms with Crippen LogP contribution >= 0.6 is 11.6 Å². The highest BCUT2D eigenvalue weighted by atomic mass is 35.5. The third-order valence-corrected chi connectivity index (χ3v) is 3.74. The van der Waals surface area contributed by atoms with Gasteiger partial charge in [0.25, 0.3) is 0 Å². The van der Waals surface area contributed by atoms with Gasteiger partial charge in [0.05, 0.1) is 16.4 Å². The van der Waals surface area contributed by atoms with E-state index in [1.54, 1.807) is 0 Å². The lowest BCUT2D eigenvalue weighted by molar-refractivity contribution is 0.626. The molecular weight excluding hydrogens is 246 g/mol. The number of rotatable bonds is 7. The maximum Gasteiger partial charge on any atom is 0.0850 e. The number of nitrogens with zero attached hydrogens (tertiary/aromatic N) is 2. The Bertz CT molecular complexity index is 419. The average molecular weight is 268 g/mol. The molecule has 0 spiro atoms. The number of halogens is 1. The minimum absolute atomic E-state index is 0.803. The Hall–Kier alpha value is -0.800. The van der Waals surface area contributed by atoms with Crippen LogP contribution in [0, 0.1) is 6.92 Å². The lowest BCUT2D eigenvalue weighted by Gasteiger charge is -2.02. The maximum atomic E-state index is 6.25. The number of hydrogen-bond donors (Lipinski definition) is 1. The van der Waals surface area contributed by atoms with Crippen LogP contribution in [0.15, 0.2) is 12.2 Å². The zero-order valence-corrected chi connectivity index (χ0v) is 12.0. The molecule has 0 saturated heterocycles. The quantitative estimate of drug-likeness (QED) is 0.608. The van der Waals surface area contributed by atoms with Crippen molar-refractivity contribution in [1.29, 1.82) is 0 Å². The van der Waals surface area contributed by atoms with Gasteiger partial charge in [-0.15, -0.1) is 0 Å². The van der Waals surface area contributed by atoms with E-state index in [0.29, 0.717) is 0 Å². The Kier molecular flexibility index (Phi) is 4.84. The van der Waals surface area contributed by atoms with Crippen molar-refractivity contribution in [2.45, 2.75) is 52.1 Å². The van der Waals surface area contributed by atoms with Crippen molar-refractivity contribution in [1.82, 2.24) is 15.1 Å². The molecule has 0 atom stereocenters. The Morgan fingerprint density at radius 1 is 1.44 bits per heavy atom. The first-order valence-electron chi connectivity index (χ1n) is 6.82. The van der Waals surface area contributed by atoms with Gasteiger partial charge in [0.2, 0.25) is 0 Å². The van der Waals surface area contributed by atoms with Crippen LogP contribution in [0.3, 0.4) is 0 Å². The Morgan fingerprint density at radius 2 is 2.22 bits per heavy atom. The number of aromatic nitrogens is 2. The van der Waals surface area contributed by atoms with Crippen LogP contribution < -0.4 is 5.32 Å². The second-order valence-corrected chi connectivity index (χ2v) is 5.23. The molecule has 0 amide bonds. The first kappa shape index (κ1) is 13.6. The van der Waals surface area contributed by atoms with Crippen LogP contribution in [-0.4, -0.2) is 22.4 Å². The van der Waals surface area contributed by atoms with Crippen LogP contribution in [0.2, 0.25) is 5.02 Å². The summed E-state index contributed by atoms with van der Waals surface area (Å²) >= 11 is 6.25. The summed E-state index contributed by atoms with van der Waals surface area (Å²) in [5.41, 5.74) is 2.06. The van der Waals surface area contributed by atoms with Gasteiger partial charge in [-0.05, 0) is 39.7 Å². The highest BCUT2D eigenvalue weighted by Crippen LogP contribution is 2.21. The Labute approximate surface area is 114 Å². The fourth-order valence-electron chi connectivity index (χ4n) is 2.04. The lowest BCUT2D eigenvalue weighted by atomic mass is 10.2. The molecule has 100 valence electrons. The zero-order chi connectivity index (χ0) is 13.0. The van der Waals surface area contributed by atoms with Crippen molar-refractivity contribution in [2.75, 3.05) is 6.54 Å². The van der Waals surface area contributed by atoms with Gasteiger partial charge in [-0.3, -0.25) is 4.68 Å². The SMILES string of the molecule is CCn1nc(C)c(Cl)c1CC=CCCNC1CC1. The van der Waals surface area contributed by atoms with Crippen LogP contribution in [-0.2, 0) is 13.0 Å². The lowest BCUT2D eigenvalue weighted by Crippen LogP contribution is -2.16. The monoisotopic (exact) mass is 267 g/mol. The van der Waals surface area contributed by atoms with Gasteiger partial charge < -0.3 is 5.32 Å². The van der Waals surface area contributed by atoms with E-state index in [1.807, 2.05) is 11.6 Å². The molecule has 1 aromatic heterocycles. The molecule has 0 bridgehead atoms. The van der Waals surface area contributed by atoms with E-state index in [-0.39, 0.29) is 0 Å². The summed E-state index contributed by atoms with van der Waals surface area (Å²) < 4.78 is 1.99. The smallest absolute Gasteiger partial charge is 0.0850 e. The Morgan fingerprint density at radius 3 is 2.89 bits per heavy atom. The normalized spacial score (nSPS) is 15.7. The molecule has 0 radical (unpaired) electrons. The molecular formula is C14H22ClN3. The fourth-order valence-corrected chi connectivity index (χ4v) is 2.25. The van der Waals surface area contributed by atoms with Crippen LogP contribution in [0.25, 0.3) is 0 Å². The van der Waals surface area contributed by atoms with E-state index < -0.39 is 0 Å². The van der Waals surface area contributed by atoms with Crippen LogP contribution in [0.5, 0.6) is 0 Å². The third kappa shape index (κ3) is 3.59. The number of allylic oxidation sites excluding steroid dienone is 1. The predicted octanol–water partition coefficient (Wildman–Crippen LogP) is 3.11. The molecule has 1 aromatic rings. The summed E-state index contributed by atoms with van der Waals surface area (Å²) in [7, 11) is 0. The molecule has 1 fully saturated rings. The molecule has 2 rings (SSSR count). The van der Waals surface area contributed by atoms with Crippen molar-refractivity contribution < 1.29 is 0 Å². The first-order chi connectivity index (χ1) is 8.72. The number of hydrogen-bond acceptors (Lipinski definition) is 2. The highest BCUT2D eigenvalue weighted by molar-refractivity contribution is 6.31. The van der Waals surface area contributed by atoms with E-state index in [1.165, 1.54) is 12.8 Å². The van der Waals surface area contributed by atoms with Crippen molar-refractivity contribution in [2.24, 2.45) is 0 Å². The molecule has 1 aliphatic carbocycles. The summed E-state index contributed by atoms with van der Waals surface area (Å²) in [5, 5.41) is 8.73. The largest absolute Gasteiger partial charge is 0.314 e. The summed E-state index contributed by atoms with van der Waals surface area (Å²) in [6, 6.07) is 0.803. The van der Waals surface area contributed by atoms with Crippen molar-refractivity contribution in [3.8, 4) is 0 Å². The van der Waals surface area contributed by atoms with E-state index >= 15 is 0 Å². The molecule has 1 aliphatic rings. The van der Waals surface area contributed by atoms with Crippen LogP contribution in [0.4, 0.5) is 0 Å². The molecule has 1 saturated carbocycles. The predicted molar refractivity (Wildman–Crippen MR) is 76.1 cm³/mol. The molecule has 4 heteroatoms. The molecule has 0 unspecified atom stereocenters. The zero-order valence-electron chi connectivity index (χ0n) is 11.2. The molecule has 3 nitrogen and oxygen atoms in total. The second kappa shape index (κ2) is 6.39.